The Bertz CT molecular complexity index is 799. The summed E-state index contributed by atoms with van der Waals surface area (Å²) < 4.78 is 57.5. The number of piperazine rings is 1. The number of aromatic nitrogens is 1. The van der Waals surface area contributed by atoms with Crippen molar-refractivity contribution in [3.05, 3.63) is 53.2 Å². The van der Waals surface area contributed by atoms with Crippen LogP contribution < -0.4 is 5.32 Å². The zero-order valence-corrected chi connectivity index (χ0v) is 15.3. The number of benzene rings is 1. The average molecular weight is 399 g/mol. The number of rotatable bonds is 4. The third kappa shape index (κ3) is 5.00. The first kappa shape index (κ1) is 20.1. The Kier molecular flexibility index (Phi) is 6.18. The van der Waals surface area contributed by atoms with Gasteiger partial charge in [-0.3, -0.25) is 9.89 Å². The van der Waals surface area contributed by atoms with Crippen LogP contribution in [-0.4, -0.2) is 54.1 Å². The quantitative estimate of drug-likeness (QED) is 0.487. The summed E-state index contributed by atoms with van der Waals surface area (Å²) in [7, 11) is 1.58. The predicted molar refractivity (Wildman–Crippen MR) is 95.0 cm³/mol. The molecule has 1 aromatic heterocycles. The summed E-state index contributed by atoms with van der Waals surface area (Å²) in [6.45, 7) is 3.46. The molecule has 1 N–H and O–H groups in total. The van der Waals surface area contributed by atoms with Crippen molar-refractivity contribution >= 4 is 5.96 Å². The number of alkyl halides is 3. The number of nitrogens with one attached hydrogen (secondary N) is 1. The fraction of sp³-hybridized carbons (Fsp3) is 0.444. The summed E-state index contributed by atoms with van der Waals surface area (Å²) in [6, 6.07) is 4.50. The van der Waals surface area contributed by atoms with Gasteiger partial charge >= 0.3 is 6.18 Å². The molecular weight excluding hydrogens is 378 g/mol. The van der Waals surface area contributed by atoms with E-state index in [9.17, 15) is 17.6 Å². The largest absolute Gasteiger partial charge is 0.416 e. The van der Waals surface area contributed by atoms with Crippen LogP contribution in [0.4, 0.5) is 17.6 Å². The summed E-state index contributed by atoms with van der Waals surface area (Å²) in [5.41, 5.74) is -0.153. The van der Waals surface area contributed by atoms with Gasteiger partial charge in [0, 0.05) is 52.4 Å². The van der Waals surface area contributed by atoms with Crippen LogP contribution >= 0.6 is 0 Å². The minimum Gasteiger partial charge on any atom is -0.364 e. The SMILES string of the molecule is CN=C(NCc1ccc(F)cc1C(F)(F)F)N1CCN(Cc2ccon2)CC1. The molecule has 0 atom stereocenters. The van der Waals surface area contributed by atoms with Gasteiger partial charge in [0.15, 0.2) is 5.96 Å². The fourth-order valence-corrected chi connectivity index (χ4v) is 3.14. The zero-order valence-electron chi connectivity index (χ0n) is 15.3. The highest BCUT2D eigenvalue weighted by atomic mass is 19.4. The smallest absolute Gasteiger partial charge is 0.364 e. The van der Waals surface area contributed by atoms with E-state index in [1.54, 1.807) is 7.05 Å². The molecule has 2 heterocycles. The van der Waals surface area contributed by atoms with Crippen LogP contribution in [0.2, 0.25) is 0 Å². The second kappa shape index (κ2) is 8.59. The summed E-state index contributed by atoms with van der Waals surface area (Å²) in [4.78, 5) is 8.36. The summed E-state index contributed by atoms with van der Waals surface area (Å²) in [5.74, 6) is -0.401. The topological polar surface area (TPSA) is 56.9 Å². The molecule has 6 nitrogen and oxygen atoms in total. The maximum absolute atomic E-state index is 13.2. The molecule has 2 aromatic rings. The maximum Gasteiger partial charge on any atom is 0.416 e. The van der Waals surface area contributed by atoms with E-state index >= 15 is 0 Å². The Labute approximate surface area is 159 Å². The lowest BCUT2D eigenvalue weighted by Crippen LogP contribution is -2.52. The molecule has 0 spiro atoms. The van der Waals surface area contributed by atoms with E-state index < -0.39 is 17.6 Å². The number of guanidine groups is 1. The second-order valence-corrected chi connectivity index (χ2v) is 6.45. The first-order chi connectivity index (χ1) is 13.4. The molecule has 0 bridgehead atoms. The molecule has 0 radical (unpaired) electrons. The molecular formula is C18H21F4N5O. The number of aliphatic imine (C=N–C) groups is 1. The Morgan fingerprint density at radius 1 is 1.21 bits per heavy atom. The first-order valence-electron chi connectivity index (χ1n) is 8.79. The van der Waals surface area contributed by atoms with Gasteiger partial charge in [-0.05, 0) is 17.7 Å². The molecule has 1 aliphatic rings. The molecule has 0 saturated carbocycles. The van der Waals surface area contributed by atoms with Crippen LogP contribution in [0.3, 0.4) is 0 Å². The van der Waals surface area contributed by atoms with E-state index in [4.69, 9.17) is 4.52 Å². The van der Waals surface area contributed by atoms with Gasteiger partial charge in [0.2, 0.25) is 0 Å². The van der Waals surface area contributed by atoms with E-state index in [0.29, 0.717) is 31.7 Å². The van der Waals surface area contributed by atoms with E-state index in [0.717, 1.165) is 30.9 Å². The second-order valence-electron chi connectivity index (χ2n) is 6.45. The molecule has 0 aliphatic carbocycles. The van der Waals surface area contributed by atoms with Gasteiger partial charge in [-0.15, -0.1) is 0 Å². The maximum atomic E-state index is 13.2. The van der Waals surface area contributed by atoms with Crippen molar-refractivity contribution < 1.29 is 22.1 Å². The van der Waals surface area contributed by atoms with Crippen molar-refractivity contribution in [3.63, 3.8) is 0 Å². The third-order valence-electron chi connectivity index (χ3n) is 4.57. The molecule has 0 amide bonds. The van der Waals surface area contributed by atoms with Crippen molar-refractivity contribution in [2.75, 3.05) is 33.2 Å². The first-order valence-corrected chi connectivity index (χ1v) is 8.79. The van der Waals surface area contributed by atoms with Crippen molar-refractivity contribution in [1.82, 2.24) is 20.3 Å². The molecule has 3 rings (SSSR count). The molecule has 1 saturated heterocycles. The molecule has 1 aromatic carbocycles. The highest BCUT2D eigenvalue weighted by molar-refractivity contribution is 5.80. The van der Waals surface area contributed by atoms with Crippen LogP contribution in [0.5, 0.6) is 0 Å². The zero-order chi connectivity index (χ0) is 20.1. The molecule has 28 heavy (non-hydrogen) atoms. The third-order valence-corrected chi connectivity index (χ3v) is 4.57. The van der Waals surface area contributed by atoms with Gasteiger partial charge in [0.25, 0.3) is 0 Å². The Morgan fingerprint density at radius 3 is 2.57 bits per heavy atom. The van der Waals surface area contributed by atoms with Crippen LogP contribution in [0.15, 0.2) is 40.0 Å². The molecule has 1 fully saturated rings. The van der Waals surface area contributed by atoms with E-state index in [1.165, 1.54) is 6.26 Å². The molecule has 10 heteroatoms. The normalized spacial score (nSPS) is 16.5. The summed E-state index contributed by atoms with van der Waals surface area (Å²) in [6.07, 6.45) is -3.09. The fourth-order valence-electron chi connectivity index (χ4n) is 3.14. The lowest BCUT2D eigenvalue weighted by molar-refractivity contribution is -0.138. The standard InChI is InChI=1S/C18H21F4N5O/c1-23-17(24-11-13-2-3-14(19)10-16(13)18(20,21)22)27-7-5-26(6-8-27)12-15-4-9-28-25-15/h2-4,9-10H,5-8,11-12H2,1H3,(H,23,24). The highest BCUT2D eigenvalue weighted by Crippen LogP contribution is 2.32. The molecule has 152 valence electrons. The van der Waals surface area contributed by atoms with Gasteiger partial charge in [-0.25, -0.2) is 4.39 Å². The average Bonchev–Trinajstić information content (AvgIpc) is 3.16. The van der Waals surface area contributed by atoms with Gasteiger partial charge in [0.1, 0.15) is 12.1 Å². The minimum absolute atomic E-state index is 0.0280. The van der Waals surface area contributed by atoms with E-state index in [2.05, 4.69) is 20.4 Å². The monoisotopic (exact) mass is 399 g/mol. The van der Waals surface area contributed by atoms with Crippen molar-refractivity contribution in [1.29, 1.82) is 0 Å². The van der Waals surface area contributed by atoms with Crippen molar-refractivity contribution in [2.45, 2.75) is 19.3 Å². The van der Waals surface area contributed by atoms with Gasteiger partial charge in [-0.1, -0.05) is 11.2 Å². The number of nitrogens with zero attached hydrogens (tertiary/aromatic N) is 4. The predicted octanol–water partition coefficient (Wildman–Crippen LogP) is 2.73. The lowest BCUT2D eigenvalue weighted by atomic mass is 10.1. The van der Waals surface area contributed by atoms with Crippen molar-refractivity contribution in [3.8, 4) is 0 Å². The van der Waals surface area contributed by atoms with Gasteiger partial charge in [-0.2, -0.15) is 13.2 Å². The van der Waals surface area contributed by atoms with E-state index in [-0.39, 0.29) is 12.1 Å². The Hall–Kier alpha value is -2.62. The van der Waals surface area contributed by atoms with E-state index in [1.807, 2.05) is 11.0 Å². The van der Waals surface area contributed by atoms with Crippen LogP contribution in [-0.2, 0) is 19.3 Å². The Morgan fingerprint density at radius 2 is 1.96 bits per heavy atom. The van der Waals surface area contributed by atoms with Gasteiger partial charge < -0.3 is 14.7 Å². The number of halogens is 4. The summed E-state index contributed by atoms with van der Waals surface area (Å²) >= 11 is 0. The highest BCUT2D eigenvalue weighted by Gasteiger charge is 2.33. The van der Waals surface area contributed by atoms with Gasteiger partial charge in [0.05, 0.1) is 11.3 Å². The molecule has 0 unspecified atom stereocenters. The lowest BCUT2D eigenvalue weighted by Gasteiger charge is -2.36. The van der Waals surface area contributed by atoms with Crippen molar-refractivity contribution in [2.24, 2.45) is 4.99 Å². The number of hydrogen-bond acceptors (Lipinski definition) is 4. The summed E-state index contributed by atoms with van der Waals surface area (Å²) in [5, 5.41) is 6.85. The Balaban J connectivity index is 1.57. The molecule has 1 aliphatic heterocycles. The number of hydrogen-bond donors (Lipinski definition) is 1. The van der Waals surface area contributed by atoms with Crippen LogP contribution in [0.25, 0.3) is 0 Å². The minimum atomic E-state index is -4.62. The van der Waals surface area contributed by atoms with Crippen LogP contribution in [0.1, 0.15) is 16.8 Å². The van der Waals surface area contributed by atoms with Crippen LogP contribution in [0, 0.1) is 5.82 Å².